The summed E-state index contributed by atoms with van der Waals surface area (Å²) in [5, 5.41) is 3.26. The number of halogens is 2. The number of hydrogen-bond acceptors (Lipinski definition) is 2. The van der Waals surface area contributed by atoms with Crippen LogP contribution < -0.4 is 5.32 Å². The first kappa shape index (κ1) is 17.2. The molecule has 2 aromatic carbocycles. The highest BCUT2D eigenvalue weighted by atomic mass is 19.1. The van der Waals surface area contributed by atoms with Crippen molar-refractivity contribution in [2.45, 2.75) is 30.7 Å². The number of rotatable bonds is 3. The maximum atomic E-state index is 14.0. The van der Waals surface area contributed by atoms with Crippen molar-refractivity contribution in [3.63, 3.8) is 0 Å². The molecule has 1 N–H and O–H groups in total. The van der Waals surface area contributed by atoms with Crippen LogP contribution in [0.25, 0.3) is 0 Å². The number of likely N-dealkylation sites (tertiary alicyclic amines) is 1. The Bertz CT molecular complexity index is 793. The molecule has 2 heterocycles. The van der Waals surface area contributed by atoms with Crippen molar-refractivity contribution in [1.82, 2.24) is 10.2 Å². The Morgan fingerprint density at radius 3 is 2.58 bits per heavy atom. The van der Waals surface area contributed by atoms with Crippen molar-refractivity contribution in [1.29, 1.82) is 0 Å². The quantitative estimate of drug-likeness (QED) is 0.914. The zero-order valence-electron chi connectivity index (χ0n) is 14.5. The molecule has 0 saturated carbocycles. The topological polar surface area (TPSA) is 32.3 Å². The molecule has 0 bridgehead atoms. The minimum atomic E-state index is -0.258. The molecule has 2 aliphatic heterocycles. The van der Waals surface area contributed by atoms with Gasteiger partial charge < -0.3 is 10.2 Å². The lowest BCUT2D eigenvalue weighted by Gasteiger charge is -2.21. The largest absolute Gasteiger partial charge is 0.341 e. The van der Waals surface area contributed by atoms with Crippen LogP contribution in [0.1, 0.15) is 35.8 Å². The van der Waals surface area contributed by atoms with Crippen molar-refractivity contribution >= 4 is 5.91 Å². The smallest absolute Gasteiger partial charge is 0.239 e. The van der Waals surface area contributed by atoms with Gasteiger partial charge in [0.2, 0.25) is 5.91 Å². The van der Waals surface area contributed by atoms with E-state index < -0.39 is 0 Å². The van der Waals surface area contributed by atoms with E-state index in [0.717, 1.165) is 12.0 Å². The van der Waals surface area contributed by atoms with E-state index in [0.29, 0.717) is 31.6 Å². The van der Waals surface area contributed by atoms with E-state index in [9.17, 15) is 13.6 Å². The molecule has 136 valence electrons. The molecule has 4 rings (SSSR count). The first-order chi connectivity index (χ1) is 12.6. The summed E-state index contributed by atoms with van der Waals surface area (Å²) in [7, 11) is 0. The summed E-state index contributed by atoms with van der Waals surface area (Å²) in [6.45, 7) is 1.99. The molecular weight excluding hydrogens is 334 g/mol. The molecule has 0 radical (unpaired) electrons. The van der Waals surface area contributed by atoms with E-state index in [1.165, 1.54) is 18.2 Å². The second-order valence-electron chi connectivity index (χ2n) is 7.24. The van der Waals surface area contributed by atoms with E-state index in [1.807, 2.05) is 11.0 Å². The lowest BCUT2D eigenvalue weighted by atomic mass is 9.95. The van der Waals surface area contributed by atoms with Crippen molar-refractivity contribution in [2.24, 2.45) is 0 Å². The number of hydrogen-bond donors (Lipinski definition) is 1. The van der Waals surface area contributed by atoms with Gasteiger partial charge in [-0.15, -0.1) is 0 Å². The van der Waals surface area contributed by atoms with Gasteiger partial charge in [-0.3, -0.25) is 4.79 Å². The van der Waals surface area contributed by atoms with Gasteiger partial charge in [-0.05, 0) is 42.2 Å². The minimum Gasteiger partial charge on any atom is -0.341 e. The summed E-state index contributed by atoms with van der Waals surface area (Å²) >= 11 is 0. The van der Waals surface area contributed by atoms with Gasteiger partial charge >= 0.3 is 0 Å². The van der Waals surface area contributed by atoms with E-state index in [-0.39, 0.29) is 35.4 Å². The van der Waals surface area contributed by atoms with Gasteiger partial charge in [0.1, 0.15) is 11.6 Å². The molecular formula is C21H22F2N2O. The highest BCUT2D eigenvalue weighted by Crippen LogP contribution is 2.31. The van der Waals surface area contributed by atoms with Gasteiger partial charge in [-0.1, -0.05) is 30.3 Å². The van der Waals surface area contributed by atoms with Crippen LogP contribution >= 0.6 is 0 Å². The summed E-state index contributed by atoms with van der Waals surface area (Å²) in [4.78, 5) is 14.7. The van der Waals surface area contributed by atoms with Gasteiger partial charge in [0, 0.05) is 31.5 Å². The molecule has 1 amide bonds. The average molecular weight is 356 g/mol. The monoisotopic (exact) mass is 356 g/mol. The normalized spacial score (nSPS) is 25.6. The number of amides is 1. The molecule has 2 saturated heterocycles. The van der Waals surface area contributed by atoms with Gasteiger partial charge in [0.15, 0.2) is 0 Å². The van der Waals surface area contributed by atoms with E-state index in [4.69, 9.17) is 0 Å². The van der Waals surface area contributed by atoms with Crippen LogP contribution in [0.4, 0.5) is 8.78 Å². The fraction of sp³-hybridized carbons (Fsp3) is 0.381. The zero-order chi connectivity index (χ0) is 18.1. The first-order valence-electron chi connectivity index (χ1n) is 9.14. The van der Waals surface area contributed by atoms with Crippen molar-refractivity contribution in [3.05, 3.63) is 71.3 Å². The zero-order valence-corrected chi connectivity index (χ0v) is 14.5. The lowest BCUT2D eigenvalue weighted by molar-refractivity contribution is -0.132. The SMILES string of the molecule is O=C([C@@H]1C[C@H](c2ccccc2F)CN1)N1CC[C@H](c2ccc(F)cc2)C1. The Labute approximate surface area is 152 Å². The third-order valence-corrected chi connectivity index (χ3v) is 5.62. The van der Waals surface area contributed by atoms with Gasteiger partial charge in [-0.25, -0.2) is 8.78 Å². The first-order valence-corrected chi connectivity index (χ1v) is 9.14. The average Bonchev–Trinajstić information content (AvgIpc) is 3.32. The highest BCUT2D eigenvalue weighted by Gasteiger charge is 2.36. The summed E-state index contributed by atoms with van der Waals surface area (Å²) in [6.07, 6.45) is 1.51. The maximum absolute atomic E-state index is 14.0. The molecule has 2 aromatic rings. The Kier molecular flexibility index (Phi) is 4.72. The Morgan fingerprint density at radius 2 is 1.81 bits per heavy atom. The van der Waals surface area contributed by atoms with Crippen molar-refractivity contribution < 1.29 is 13.6 Å². The molecule has 2 fully saturated rings. The second kappa shape index (κ2) is 7.16. The standard InChI is InChI=1S/C21H22F2N2O/c22-17-7-5-14(6-8-17)15-9-10-25(13-15)21(26)20-11-16(12-24-20)18-3-1-2-4-19(18)23/h1-8,15-16,20,24H,9-13H2/t15-,16-,20-/m0/s1. The van der Waals surface area contributed by atoms with E-state index in [1.54, 1.807) is 24.3 Å². The number of nitrogens with zero attached hydrogens (tertiary/aromatic N) is 1. The molecule has 0 aliphatic carbocycles. The van der Waals surface area contributed by atoms with Crippen LogP contribution in [0.2, 0.25) is 0 Å². The Balaban J connectivity index is 1.38. The summed E-state index contributed by atoms with van der Waals surface area (Å²) in [6, 6.07) is 13.1. The number of benzene rings is 2. The molecule has 0 unspecified atom stereocenters. The third kappa shape index (κ3) is 3.36. The van der Waals surface area contributed by atoms with Crippen LogP contribution in [0.3, 0.4) is 0 Å². The predicted octanol–water partition coefficient (Wildman–Crippen LogP) is 3.43. The van der Waals surface area contributed by atoms with Crippen LogP contribution in [-0.2, 0) is 4.79 Å². The molecule has 3 atom stereocenters. The van der Waals surface area contributed by atoms with Crippen LogP contribution in [0.5, 0.6) is 0 Å². The molecule has 3 nitrogen and oxygen atoms in total. The summed E-state index contributed by atoms with van der Waals surface area (Å²) in [5.74, 6) is -0.0728. The van der Waals surface area contributed by atoms with Crippen molar-refractivity contribution in [2.75, 3.05) is 19.6 Å². The summed E-state index contributed by atoms with van der Waals surface area (Å²) < 4.78 is 27.1. The predicted molar refractivity (Wildman–Crippen MR) is 95.9 cm³/mol. The van der Waals surface area contributed by atoms with Gasteiger partial charge in [0.05, 0.1) is 6.04 Å². The summed E-state index contributed by atoms with van der Waals surface area (Å²) in [5.41, 5.74) is 1.76. The third-order valence-electron chi connectivity index (χ3n) is 5.62. The number of carbonyl (C=O) groups is 1. The molecule has 0 spiro atoms. The molecule has 5 heteroatoms. The molecule has 26 heavy (non-hydrogen) atoms. The maximum Gasteiger partial charge on any atom is 0.239 e. The van der Waals surface area contributed by atoms with Crippen LogP contribution in [0.15, 0.2) is 48.5 Å². The number of nitrogens with one attached hydrogen (secondary N) is 1. The highest BCUT2D eigenvalue weighted by molar-refractivity contribution is 5.82. The molecule has 2 aliphatic rings. The minimum absolute atomic E-state index is 0.0284. The van der Waals surface area contributed by atoms with Crippen molar-refractivity contribution in [3.8, 4) is 0 Å². The number of carbonyl (C=O) groups excluding carboxylic acids is 1. The Morgan fingerprint density at radius 1 is 1.04 bits per heavy atom. The van der Waals surface area contributed by atoms with Gasteiger partial charge in [0.25, 0.3) is 0 Å². The Hall–Kier alpha value is -2.27. The van der Waals surface area contributed by atoms with Crippen LogP contribution in [0, 0.1) is 11.6 Å². The fourth-order valence-electron chi connectivity index (χ4n) is 4.15. The molecule has 0 aromatic heterocycles. The fourth-order valence-corrected chi connectivity index (χ4v) is 4.15. The van der Waals surface area contributed by atoms with E-state index in [2.05, 4.69) is 5.32 Å². The lowest BCUT2D eigenvalue weighted by Crippen LogP contribution is -2.42. The second-order valence-corrected chi connectivity index (χ2v) is 7.24. The van der Waals surface area contributed by atoms with E-state index >= 15 is 0 Å². The van der Waals surface area contributed by atoms with Gasteiger partial charge in [-0.2, -0.15) is 0 Å². The van der Waals surface area contributed by atoms with Crippen LogP contribution in [-0.4, -0.2) is 36.5 Å².